The number of benzene rings is 2. The van der Waals surface area contributed by atoms with Crippen molar-refractivity contribution in [2.45, 2.75) is 19.3 Å². The molecule has 0 aliphatic carbocycles. The summed E-state index contributed by atoms with van der Waals surface area (Å²) in [6.07, 6.45) is 0.458. The highest BCUT2D eigenvalue weighted by atomic mass is 16.5. The van der Waals surface area contributed by atoms with Crippen molar-refractivity contribution in [1.29, 1.82) is 0 Å². The molecule has 1 atom stereocenters. The van der Waals surface area contributed by atoms with Gasteiger partial charge in [-0.1, -0.05) is 12.1 Å². The van der Waals surface area contributed by atoms with E-state index in [0.717, 1.165) is 11.3 Å². The van der Waals surface area contributed by atoms with E-state index in [1.807, 2.05) is 49.4 Å². The van der Waals surface area contributed by atoms with Crippen LogP contribution in [0.4, 0.5) is 11.4 Å². The molecular formula is C21H26N2O4. The van der Waals surface area contributed by atoms with Crippen molar-refractivity contribution in [3.8, 4) is 11.5 Å². The molecule has 0 bridgehead atoms. The zero-order chi connectivity index (χ0) is 19.2. The summed E-state index contributed by atoms with van der Waals surface area (Å²) in [7, 11) is 1.62. The van der Waals surface area contributed by atoms with E-state index in [-0.39, 0.29) is 11.8 Å². The van der Waals surface area contributed by atoms with Crippen LogP contribution in [0.25, 0.3) is 0 Å². The molecule has 27 heavy (non-hydrogen) atoms. The SMILES string of the molecule is CCOCCOc1cc(C2CC(=O)N(c3cccc(N)c3)C2)ccc1OC. The normalized spacial score (nSPS) is 16.6. The van der Waals surface area contributed by atoms with E-state index >= 15 is 0 Å². The van der Waals surface area contributed by atoms with Crippen LogP contribution in [0.15, 0.2) is 42.5 Å². The van der Waals surface area contributed by atoms with Gasteiger partial charge >= 0.3 is 0 Å². The second-order valence-electron chi connectivity index (χ2n) is 6.46. The van der Waals surface area contributed by atoms with Gasteiger partial charge in [-0.3, -0.25) is 4.79 Å². The fourth-order valence-electron chi connectivity index (χ4n) is 3.29. The largest absolute Gasteiger partial charge is 0.493 e. The summed E-state index contributed by atoms with van der Waals surface area (Å²) < 4.78 is 16.5. The van der Waals surface area contributed by atoms with E-state index in [1.165, 1.54) is 0 Å². The van der Waals surface area contributed by atoms with Gasteiger partial charge in [0.25, 0.3) is 0 Å². The van der Waals surface area contributed by atoms with Crippen molar-refractivity contribution in [3.05, 3.63) is 48.0 Å². The molecule has 144 valence electrons. The van der Waals surface area contributed by atoms with Crippen LogP contribution in [-0.4, -0.2) is 39.4 Å². The molecule has 0 radical (unpaired) electrons. The number of nitrogens with zero attached hydrogens (tertiary/aromatic N) is 1. The van der Waals surface area contributed by atoms with Gasteiger partial charge < -0.3 is 24.8 Å². The fourth-order valence-corrected chi connectivity index (χ4v) is 3.29. The van der Waals surface area contributed by atoms with E-state index in [0.29, 0.717) is 50.0 Å². The van der Waals surface area contributed by atoms with Crippen LogP contribution in [0.2, 0.25) is 0 Å². The third-order valence-electron chi connectivity index (χ3n) is 4.66. The topological polar surface area (TPSA) is 74.0 Å². The fraction of sp³-hybridized carbons (Fsp3) is 0.381. The smallest absolute Gasteiger partial charge is 0.227 e. The molecule has 1 aliphatic heterocycles. The Morgan fingerprint density at radius 2 is 2.00 bits per heavy atom. The van der Waals surface area contributed by atoms with Crippen molar-refractivity contribution in [1.82, 2.24) is 0 Å². The van der Waals surface area contributed by atoms with Crippen molar-refractivity contribution >= 4 is 17.3 Å². The Balaban J connectivity index is 1.75. The van der Waals surface area contributed by atoms with E-state index in [4.69, 9.17) is 19.9 Å². The van der Waals surface area contributed by atoms with Gasteiger partial charge in [-0.05, 0) is 42.8 Å². The molecule has 0 aromatic heterocycles. The molecule has 1 aliphatic rings. The van der Waals surface area contributed by atoms with Gasteiger partial charge in [0, 0.05) is 36.9 Å². The van der Waals surface area contributed by atoms with Crippen molar-refractivity contribution in [3.63, 3.8) is 0 Å². The van der Waals surface area contributed by atoms with Gasteiger partial charge in [0.1, 0.15) is 6.61 Å². The molecule has 1 saturated heterocycles. The number of rotatable bonds is 8. The summed E-state index contributed by atoms with van der Waals surface area (Å²) in [6.45, 7) is 4.20. The third-order valence-corrected chi connectivity index (χ3v) is 4.66. The Bertz CT molecular complexity index is 794. The number of ether oxygens (including phenoxy) is 3. The average Bonchev–Trinajstić information content (AvgIpc) is 3.07. The molecule has 2 aromatic carbocycles. The molecule has 6 heteroatoms. The summed E-state index contributed by atoms with van der Waals surface area (Å²) in [5.41, 5.74) is 8.40. The lowest BCUT2D eigenvalue weighted by atomic mass is 9.98. The van der Waals surface area contributed by atoms with Gasteiger partial charge in [-0.25, -0.2) is 0 Å². The second-order valence-corrected chi connectivity index (χ2v) is 6.46. The maximum absolute atomic E-state index is 12.5. The molecule has 2 aromatic rings. The number of methoxy groups -OCH3 is 1. The summed E-state index contributed by atoms with van der Waals surface area (Å²) in [5.74, 6) is 1.54. The van der Waals surface area contributed by atoms with Crippen LogP contribution in [0, 0.1) is 0 Å². The third kappa shape index (κ3) is 4.52. The van der Waals surface area contributed by atoms with E-state index in [2.05, 4.69) is 0 Å². The Morgan fingerprint density at radius 1 is 1.15 bits per heavy atom. The first-order chi connectivity index (χ1) is 13.1. The first-order valence-corrected chi connectivity index (χ1v) is 9.16. The number of nitrogens with two attached hydrogens (primary N) is 1. The van der Waals surface area contributed by atoms with E-state index in [1.54, 1.807) is 12.0 Å². The lowest BCUT2D eigenvalue weighted by Crippen LogP contribution is -2.24. The Hall–Kier alpha value is -2.73. The molecule has 6 nitrogen and oxygen atoms in total. The number of nitrogen functional groups attached to an aromatic ring is 1. The van der Waals surface area contributed by atoms with Crippen LogP contribution in [0.1, 0.15) is 24.8 Å². The predicted molar refractivity (Wildman–Crippen MR) is 106 cm³/mol. The highest BCUT2D eigenvalue weighted by Crippen LogP contribution is 2.36. The lowest BCUT2D eigenvalue weighted by molar-refractivity contribution is -0.117. The summed E-state index contributed by atoms with van der Waals surface area (Å²) in [4.78, 5) is 14.3. The van der Waals surface area contributed by atoms with Crippen molar-refractivity contribution < 1.29 is 19.0 Å². The number of amides is 1. The minimum absolute atomic E-state index is 0.0964. The Morgan fingerprint density at radius 3 is 2.74 bits per heavy atom. The number of hydrogen-bond donors (Lipinski definition) is 1. The van der Waals surface area contributed by atoms with Crippen LogP contribution < -0.4 is 20.1 Å². The molecule has 1 fully saturated rings. The molecule has 2 N–H and O–H groups in total. The van der Waals surface area contributed by atoms with Crippen LogP contribution in [0.5, 0.6) is 11.5 Å². The minimum Gasteiger partial charge on any atom is -0.493 e. The Labute approximate surface area is 159 Å². The van der Waals surface area contributed by atoms with Gasteiger partial charge in [-0.2, -0.15) is 0 Å². The van der Waals surface area contributed by atoms with Gasteiger partial charge in [-0.15, -0.1) is 0 Å². The van der Waals surface area contributed by atoms with Crippen molar-refractivity contribution in [2.75, 3.05) is 44.1 Å². The maximum Gasteiger partial charge on any atom is 0.227 e. The highest BCUT2D eigenvalue weighted by Gasteiger charge is 2.32. The van der Waals surface area contributed by atoms with E-state index < -0.39 is 0 Å². The molecule has 1 amide bonds. The van der Waals surface area contributed by atoms with Crippen LogP contribution in [-0.2, 0) is 9.53 Å². The van der Waals surface area contributed by atoms with E-state index in [9.17, 15) is 4.79 Å². The van der Waals surface area contributed by atoms with Crippen LogP contribution >= 0.6 is 0 Å². The zero-order valence-corrected chi connectivity index (χ0v) is 15.8. The molecule has 1 unspecified atom stereocenters. The highest BCUT2D eigenvalue weighted by molar-refractivity contribution is 5.96. The van der Waals surface area contributed by atoms with Crippen LogP contribution in [0.3, 0.4) is 0 Å². The number of anilines is 2. The summed E-state index contributed by atoms with van der Waals surface area (Å²) in [5, 5.41) is 0. The maximum atomic E-state index is 12.5. The van der Waals surface area contributed by atoms with Crippen molar-refractivity contribution in [2.24, 2.45) is 0 Å². The second kappa shape index (κ2) is 8.77. The molecule has 1 heterocycles. The predicted octanol–water partition coefficient (Wildman–Crippen LogP) is 3.21. The Kier molecular flexibility index (Phi) is 6.19. The monoisotopic (exact) mass is 370 g/mol. The molecule has 3 rings (SSSR count). The first kappa shape index (κ1) is 19.0. The molecular weight excluding hydrogens is 344 g/mol. The van der Waals surface area contributed by atoms with Gasteiger partial charge in [0.2, 0.25) is 5.91 Å². The summed E-state index contributed by atoms with van der Waals surface area (Å²) >= 11 is 0. The van der Waals surface area contributed by atoms with Gasteiger partial charge in [0.15, 0.2) is 11.5 Å². The average molecular weight is 370 g/mol. The molecule has 0 spiro atoms. The summed E-state index contributed by atoms with van der Waals surface area (Å²) in [6, 6.07) is 13.3. The zero-order valence-electron chi connectivity index (χ0n) is 15.8. The minimum atomic E-state index is 0.0964. The van der Waals surface area contributed by atoms with Gasteiger partial charge in [0.05, 0.1) is 13.7 Å². The number of hydrogen-bond acceptors (Lipinski definition) is 5. The lowest BCUT2D eigenvalue weighted by Gasteiger charge is -2.18. The first-order valence-electron chi connectivity index (χ1n) is 9.16. The molecule has 0 saturated carbocycles. The standard InChI is InChI=1S/C21H26N2O4/c1-3-26-9-10-27-20-11-15(7-8-19(20)25-2)16-12-21(24)23(14-16)18-6-4-5-17(22)13-18/h4-8,11,13,16H,3,9-10,12,14,22H2,1-2H3. The quantitative estimate of drug-likeness (QED) is 0.570. The number of carbonyl (C=O) groups is 1. The number of carbonyl (C=O) groups excluding carboxylic acids is 1.